The van der Waals surface area contributed by atoms with Crippen LogP contribution in [0.2, 0.25) is 36.3 Å². The molecule has 0 amide bonds. The molecule has 0 N–H and O–H groups in total. The average molecular weight is 608 g/mol. The van der Waals surface area contributed by atoms with Crippen LogP contribution < -0.4 is 0 Å². The largest absolute Gasteiger partial charge is 0.458 e. The molecule has 1 aromatic rings. The van der Waals surface area contributed by atoms with Gasteiger partial charge in [0.05, 0.1) is 19.3 Å². The zero-order valence-electron chi connectivity index (χ0n) is 27.8. The van der Waals surface area contributed by atoms with E-state index in [1.165, 1.54) is 12.5 Å². The van der Waals surface area contributed by atoms with Crippen molar-refractivity contribution in [3.05, 3.63) is 35.9 Å². The van der Waals surface area contributed by atoms with Crippen molar-refractivity contribution < 1.29 is 27.9 Å². The first-order valence-corrected chi connectivity index (χ1v) is 21.2. The quantitative estimate of drug-likeness (QED) is 0.204. The van der Waals surface area contributed by atoms with Crippen LogP contribution in [0.15, 0.2) is 30.3 Å². The Morgan fingerprint density at radius 1 is 0.902 bits per heavy atom. The molecule has 2 aliphatic heterocycles. The van der Waals surface area contributed by atoms with Gasteiger partial charge in [0, 0.05) is 25.6 Å². The number of hydrogen-bond donors (Lipinski definition) is 0. The number of carbonyl (C=O) groups excluding carboxylic acids is 1. The van der Waals surface area contributed by atoms with E-state index in [1.807, 2.05) is 6.07 Å². The maximum Gasteiger partial charge on any atom is 0.303 e. The van der Waals surface area contributed by atoms with Crippen LogP contribution in [0.4, 0.5) is 0 Å². The molecule has 234 valence electrons. The van der Waals surface area contributed by atoms with Gasteiger partial charge in [-0.2, -0.15) is 0 Å². The Balaban J connectivity index is 2.14. The fourth-order valence-corrected chi connectivity index (χ4v) is 7.93. The first-order chi connectivity index (χ1) is 18.8. The predicted octanol–water partition coefficient (Wildman–Crippen LogP) is 7.30. The number of ether oxygens (including phenoxy) is 3. The molecule has 5 atom stereocenters. The molecule has 0 spiro atoms. The minimum Gasteiger partial charge on any atom is -0.458 e. The zero-order valence-corrected chi connectivity index (χ0v) is 29.8. The van der Waals surface area contributed by atoms with Crippen LogP contribution in [-0.2, 0) is 27.9 Å². The van der Waals surface area contributed by atoms with E-state index in [9.17, 15) is 4.79 Å². The lowest BCUT2D eigenvalue weighted by Crippen LogP contribution is -2.68. The Morgan fingerprint density at radius 2 is 1.41 bits per heavy atom. The van der Waals surface area contributed by atoms with E-state index in [0.717, 1.165) is 12.8 Å². The Bertz CT molecular complexity index is 984. The number of rotatable bonds is 10. The smallest absolute Gasteiger partial charge is 0.303 e. The van der Waals surface area contributed by atoms with Gasteiger partial charge in [-0.15, -0.1) is 0 Å². The molecule has 1 aromatic carbocycles. The van der Waals surface area contributed by atoms with Gasteiger partial charge >= 0.3 is 5.97 Å². The summed E-state index contributed by atoms with van der Waals surface area (Å²) in [6, 6.07) is 10.7. The first-order valence-electron chi connectivity index (χ1n) is 15.4. The van der Waals surface area contributed by atoms with Crippen molar-refractivity contribution in [3.63, 3.8) is 0 Å². The van der Waals surface area contributed by atoms with E-state index in [0.29, 0.717) is 19.8 Å². The third kappa shape index (κ3) is 8.52. The summed E-state index contributed by atoms with van der Waals surface area (Å²) < 4.78 is 32.5. The van der Waals surface area contributed by atoms with E-state index in [4.69, 9.17) is 23.1 Å². The molecule has 9 heteroatoms. The van der Waals surface area contributed by atoms with E-state index in [-0.39, 0.29) is 46.6 Å². The molecule has 0 aromatic heterocycles. The minimum atomic E-state index is -2.27. The molecule has 2 heterocycles. The van der Waals surface area contributed by atoms with Gasteiger partial charge in [-0.05, 0) is 61.6 Å². The highest BCUT2D eigenvalue weighted by atomic mass is 28.4. The van der Waals surface area contributed by atoms with Crippen molar-refractivity contribution >= 4 is 22.6 Å². The zero-order chi connectivity index (χ0) is 30.8. The topological polar surface area (TPSA) is 66.5 Å². The van der Waals surface area contributed by atoms with Gasteiger partial charge in [-0.1, -0.05) is 71.9 Å². The van der Waals surface area contributed by atoms with Gasteiger partial charge in [0.15, 0.2) is 22.9 Å². The normalized spacial score (nSPS) is 26.2. The van der Waals surface area contributed by atoms with Crippen LogP contribution >= 0.6 is 0 Å². The number of piperidine rings is 1. The summed E-state index contributed by atoms with van der Waals surface area (Å²) in [4.78, 5) is 15.0. The van der Waals surface area contributed by atoms with Crippen LogP contribution in [0, 0.1) is 0 Å². The van der Waals surface area contributed by atoms with Crippen LogP contribution in [0.5, 0.6) is 0 Å². The Hall–Kier alpha value is -1.08. The number of esters is 1. The fraction of sp³-hybridized carbons (Fsp3) is 0.781. The summed E-state index contributed by atoms with van der Waals surface area (Å²) in [6.45, 7) is 28.3. The molecule has 0 saturated carbocycles. The van der Waals surface area contributed by atoms with Crippen molar-refractivity contribution in [1.82, 2.24) is 4.90 Å². The fourth-order valence-electron chi connectivity index (χ4n) is 5.29. The number of hydrogen-bond acceptors (Lipinski definition) is 7. The van der Waals surface area contributed by atoms with E-state index in [2.05, 4.69) is 104 Å². The number of carbonyl (C=O) groups is 1. The summed E-state index contributed by atoms with van der Waals surface area (Å²) in [5, 5.41) is -0.00815. The second kappa shape index (κ2) is 13.3. The molecule has 0 radical (unpaired) electrons. The van der Waals surface area contributed by atoms with Gasteiger partial charge < -0.3 is 23.1 Å². The summed E-state index contributed by atoms with van der Waals surface area (Å²) in [6.07, 6.45) is 0.288. The Morgan fingerprint density at radius 3 is 1.90 bits per heavy atom. The molecule has 3 rings (SSSR count). The monoisotopic (exact) mass is 607 g/mol. The second-order valence-corrected chi connectivity index (χ2v) is 24.4. The van der Waals surface area contributed by atoms with Crippen LogP contribution in [0.1, 0.15) is 79.8 Å². The van der Waals surface area contributed by atoms with Crippen molar-refractivity contribution in [2.24, 2.45) is 0 Å². The first kappa shape index (κ1) is 34.4. The highest BCUT2D eigenvalue weighted by Crippen LogP contribution is 2.45. The van der Waals surface area contributed by atoms with E-state index < -0.39 is 22.7 Å². The summed E-state index contributed by atoms with van der Waals surface area (Å²) in [7, 11) is -4.53. The third-order valence-corrected chi connectivity index (χ3v) is 18.8. The van der Waals surface area contributed by atoms with Gasteiger partial charge in [0.25, 0.3) is 0 Å². The molecule has 0 aliphatic carbocycles. The number of likely N-dealkylation sites (tertiary alicyclic amines) is 1. The maximum atomic E-state index is 12.5. The van der Waals surface area contributed by atoms with Gasteiger partial charge in [0.2, 0.25) is 0 Å². The van der Waals surface area contributed by atoms with Crippen molar-refractivity contribution in [1.29, 1.82) is 0 Å². The molecule has 41 heavy (non-hydrogen) atoms. The van der Waals surface area contributed by atoms with E-state index >= 15 is 0 Å². The molecule has 7 nitrogen and oxygen atoms in total. The van der Waals surface area contributed by atoms with Crippen molar-refractivity contribution in [3.8, 4) is 0 Å². The van der Waals surface area contributed by atoms with Crippen LogP contribution in [0.25, 0.3) is 0 Å². The molecule has 2 aliphatic rings. The Labute approximate surface area is 251 Å². The van der Waals surface area contributed by atoms with Crippen LogP contribution in [0.3, 0.4) is 0 Å². The molecule has 0 bridgehead atoms. The SMILES string of the molecule is CC(=O)O[C@H]1CN([C@H](C)c2ccccc2)[C@H](CCC2OCCO2)[C@H](O[Si](C)(C)C(C)(C)C)[C@@H]1O[Si](C)(C)C(C)(C)C. The van der Waals surface area contributed by atoms with Gasteiger partial charge in [0.1, 0.15) is 12.2 Å². The summed E-state index contributed by atoms with van der Waals surface area (Å²) >= 11 is 0. The molecule has 2 fully saturated rings. The number of nitrogens with zero attached hydrogens (tertiary/aromatic N) is 1. The minimum absolute atomic E-state index is 0.000993. The van der Waals surface area contributed by atoms with E-state index in [1.54, 1.807) is 0 Å². The lowest BCUT2D eigenvalue weighted by atomic mass is 9.88. The van der Waals surface area contributed by atoms with Crippen molar-refractivity contribution in [2.45, 2.75) is 141 Å². The lowest BCUT2D eigenvalue weighted by Gasteiger charge is -2.55. The average Bonchev–Trinajstić information content (AvgIpc) is 3.37. The van der Waals surface area contributed by atoms with Crippen molar-refractivity contribution in [2.75, 3.05) is 19.8 Å². The Kier molecular flexibility index (Phi) is 11.1. The van der Waals surface area contributed by atoms with Gasteiger partial charge in [-0.25, -0.2) is 0 Å². The molecule has 0 unspecified atom stereocenters. The molecule has 2 saturated heterocycles. The highest BCUT2D eigenvalue weighted by Gasteiger charge is 2.54. The predicted molar refractivity (Wildman–Crippen MR) is 170 cm³/mol. The lowest BCUT2D eigenvalue weighted by molar-refractivity contribution is -0.176. The number of benzene rings is 1. The van der Waals surface area contributed by atoms with Gasteiger partial charge in [-0.3, -0.25) is 9.69 Å². The highest BCUT2D eigenvalue weighted by molar-refractivity contribution is 6.74. The van der Waals surface area contributed by atoms with Crippen LogP contribution in [-0.4, -0.2) is 77.9 Å². The summed E-state index contributed by atoms with van der Waals surface area (Å²) in [5.74, 6) is -0.288. The molecular formula is C32H57NO6Si2. The molecular weight excluding hydrogens is 551 g/mol. The standard InChI is InChI=1S/C32H57NO6Si2/c1-23(25-16-14-13-15-17-25)33-22-27(37-24(2)34)30(39-41(11,12)32(6,7)8)29(38-40(9,10)31(3,4)5)26(33)18-19-28-35-20-21-36-28/h13-17,23,26-30H,18-22H2,1-12H3/t23-,26-,27+,29+,30-/m1/s1. The summed E-state index contributed by atoms with van der Waals surface area (Å²) in [5.41, 5.74) is 1.22. The third-order valence-electron chi connectivity index (χ3n) is 9.85. The maximum absolute atomic E-state index is 12.5. The second-order valence-electron chi connectivity index (χ2n) is 14.9.